The molecule has 1 heterocycles. The molecule has 0 spiro atoms. The van der Waals surface area contributed by atoms with Gasteiger partial charge in [0.2, 0.25) is 5.91 Å². The number of fused-ring (bicyclic) bond motifs is 1. The molecule has 0 radical (unpaired) electrons. The van der Waals surface area contributed by atoms with E-state index in [2.05, 4.69) is 26.0 Å². The van der Waals surface area contributed by atoms with Crippen molar-refractivity contribution in [1.82, 2.24) is 20.4 Å². The lowest BCUT2D eigenvalue weighted by Crippen LogP contribution is -2.37. The SMILES string of the molecule is COc1cc(Nc2nc3ccccc3nc2N(c2cccc(NC(=O)CNN(C)C)c2)S(=O)[O-])cc(OC)c1. The molecule has 0 fully saturated rings. The van der Waals surface area contributed by atoms with Crippen molar-refractivity contribution in [3.63, 3.8) is 0 Å². The number of hydrazine groups is 1. The monoisotopic (exact) mass is 550 g/mol. The number of carbonyl (C=O) groups is 1. The van der Waals surface area contributed by atoms with Gasteiger partial charge in [-0.05, 0) is 30.3 Å². The normalized spacial score (nSPS) is 11.7. The molecule has 0 saturated heterocycles. The van der Waals surface area contributed by atoms with Crippen LogP contribution < -0.4 is 29.8 Å². The summed E-state index contributed by atoms with van der Waals surface area (Å²) in [7, 11) is 6.61. The van der Waals surface area contributed by atoms with Gasteiger partial charge in [0.05, 0.1) is 48.8 Å². The van der Waals surface area contributed by atoms with Crippen molar-refractivity contribution in [3.8, 4) is 11.5 Å². The van der Waals surface area contributed by atoms with Crippen molar-refractivity contribution in [3.05, 3.63) is 66.7 Å². The summed E-state index contributed by atoms with van der Waals surface area (Å²) < 4.78 is 37.0. The first-order valence-corrected chi connectivity index (χ1v) is 12.8. The molecule has 1 atom stereocenters. The summed E-state index contributed by atoms with van der Waals surface area (Å²) >= 11 is -2.80. The number of anilines is 5. The average molecular weight is 551 g/mol. The summed E-state index contributed by atoms with van der Waals surface area (Å²) in [5.74, 6) is 0.974. The molecule has 1 amide bonds. The van der Waals surface area contributed by atoms with Gasteiger partial charge in [0.15, 0.2) is 11.6 Å². The molecule has 1 unspecified atom stereocenters. The van der Waals surface area contributed by atoms with E-state index < -0.39 is 11.3 Å². The Labute approximate surface area is 228 Å². The number of hydrogen-bond acceptors (Lipinski definition) is 10. The molecule has 0 bridgehead atoms. The largest absolute Gasteiger partial charge is 0.755 e. The van der Waals surface area contributed by atoms with Crippen LogP contribution in [-0.2, 0) is 16.1 Å². The van der Waals surface area contributed by atoms with Gasteiger partial charge in [-0.15, -0.1) is 0 Å². The quantitative estimate of drug-likeness (QED) is 0.188. The van der Waals surface area contributed by atoms with E-state index in [1.54, 1.807) is 79.8 Å². The Morgan fingerprint density at radius 2 is 1.59 bits per heavy atom. The van der Waals surface area contributed by atoms with Crippen LogP contribution in [0.2, 0.25) is 0 Å². The molecule has 204 valence electrons. The van der Waals surface area contributed by atoms with Gasteiger partial charge in [-0.2, -0.15) is 0 Å². The van der Waals surface area contributed by atoms with Crippen LogP contribution in [0.15, 0.2) is 66.7 Å². The Bertz CT molecular complexity index is 1480. The van der Waals surface area contributed by atoms with E-state index in [0.717, 1.165) is 4.31 Å². The highest BCUT2D eigenvalue weighted by molar-refractivity contribution is 7.81. The molecule has 0 aliphatic heterocycles. The van der Waals surface area contributed by atoms with Crippen LogP contribution in [0.4, 0.5) is 28.7 Å². The van der Waals surface area contributed by atoms with E-state index in [-0.39, 0.29) is 29.8 Å². The van der Waals surface area contributed by atoms with Crippen molar-refractivity contribution in [2.45, 2.75) is 0 Å². The number of ether oxygens (including phenoxy) is 2. The van der Waals surface area contributed by atoms with Crippen LogP contribution in [-0.4, -0.2) is 64.5 Å². The second-order valence-electron chi connectivity index (χ2n) is 8.45. The minimum atomic E-state index is -2.80. The van der Waals surface area contributed by atoms with Gasteiger partial charge in [-0.3, -0.25) is 18.3 Å². The van der Waals surface area contributed by atoms with E-state index in [4.69, 9.17) is 9.47 Å². The van der Waals surface area contributed by atoms with Crippen LogP contribution in [0.5, 0.6) is 11.5 Å². The third-order valence-corrected chi connectivity index (χ3v) is 6.11. The van der Waals surface area contributed by atoms with Gasteiger partial charge in [-0.1, -0.05) is 18.2 Å². The number of methoxy groups -OCH3 is 2. The zero-order valence-corrected chi connectivity index (χ0v) is 22.6. The molecule has 4 rings (SSSR count). The van der Waals surface area contributed by atoms with Crippen LogP contribution in [0.3, 0.4) is 0 Å². The Hall–Kier alpha value is -4.30. The van der Waals surface area contributed by atoms with Gasteiger partial charge in [-0.25, -0.2) is 15.4 Å². The Balaban J connectivity index is 1.77. The van der Waals surface area contributed by atoms with Gasteiger partial charge >= 0.3 is 0 Å². The maximum absolute atomic E-state index is 12.6. The summed E-state index contributed by atoms with van der Waals surface area (Å²) in [6.07, 6.45) is 0. The maximum Gasteiger partial charge on any atom is 0.239 e. The lowest BCUT2D eigenvalue weighted by atomic mass is 10.2. The molecular weight excluding hydrogens is 522 g/mol. The number of para-hydroxylation sites is 2. The molecular formula is C26H28N7O5S-. The third-order valence-electron chi connectivity index (χ3n) is 5.43. The lowest BCUT2D eigenvalue weighted by molar-refractivity contribution is -0.116. The van der Waals surface area contributed by atoms with Crippen molar-refractivity contribution in [2.24, 2.45) is 0 Å². The molecule has 3 aromatic carbocycles. The Kier molecular flexibility index (Phi) is 8.88. The number of carbonyl (C=O) groups excluding carboxylic acids is 1. The molecule has 12 nitrogen and oxygen atoms in total. The van der Waals surface area contributed by atoms with Crippen molar-refractivity contribution in [2.75, 3.05) is 49.8 Å². The summed E-state index contributed by atoms with van der Waals surface area (Å²) in [6, 6.07) is 18.7. The molecule has 0 aliphatic carbocycles. The summed E-state index contributed by atoms with van der Waals surface area (Å²) in [5, 5.41) is 7.58. The molecule has 0 aliphatic rings. The van der Waals surface area contributed by atoms with Gasteiger partial charge in [0.1, 0.15) is 11.5 Å². The summed E-state index contributed by atoms with van der Waals surface area (Å²) in [6.45, 7) is 0.0443. The average Bonchev–Trinajstić information content (AvgIpc) is 2.92. The van der Waals surface area contributed by atoms with E-state index in [0.29, 0.717) is 33.9 Å². The van der Waals surface area contributed by atoms with Crippen LogP contribution in [0, 0.1) is 0 Å². The van der Waals surface area contributed by atoms with Gasteiger partial charge in [0, 0.05) is 43.7 Å². The predicted octanol–water partition coefficient (Wildman–Crippen LogP) is 3.33. The molecule has 3 N–H and O–H groups in total. The zero-order valence-electron chi connectivity index (χ0n) is 21.8. The number of nitrogens with zero attached hydrogens (tertiary/aromatic N) is 4. The van der Waals surface area contributed by atoms with Crippen LogP contribution in [0.1, 0.15) is 0 Å². The third kappa shape index (κ3) is 6.97. The minimum Gasteiger partial charge on any atom is -0.755 e. The first kappa shape index (κ1) is 27.7. The zero-order chi connectivity index (χ0) is 27.9. The fourth-order valence-electron chi connectivity index (χ4n) is 3.66. The summed E-state index contributed by atoms with van der Waals surface area (Å²) in [5.41, 5.74) is 5.14. The number of amides is 1. The second-order valence-corrected chi connectivity index (χ2v) is 9.25. The van der Waals surface area contributed by atoms with Gasteiger partial charge in [0.25, 0.3) is 0 Å². The number of hydrogen-bond donors (Lipinski definition) is 3. The van der Waals surface area contributed by atoms with Gasteiger partial charge < -0.3 is 24.7 Å². The van der Waals surface area contributed by atoms with E-state index in [1.807, 2.05) is 6.07 Å². The molecule has 13 heteroatoms. The van der Waals surface area contributed by atoms with Crippen molar-refractivity contribution >= 4 is 56.9 Å². The van der Waals surface area contributed by atoms with Crippen molar-refractivity contribution in [1.29, 1.82) is 0 Å². The van der Waals surface area contributed by atoms with Crippen LogP contribution in [0.25, 0.3) is 11.0 Å². The maximum atomic E-state index is 12.6. The fraction of sp³-hybridized carbons (Fsp3) is 0.192. The number of nitrogens with one attached hydrogen (secondary N) is 3. The highest BCUT2D eigenvalue weighted by Gasteiger charge is 2.20. The number of benzene rings is 3. The predicted molar refractivity (Wildman–Crippen MR) is 150 cm³/mol. The van der Waals surface area contributed by atoms with E-state index >= 15 is 0 Å². The number of aromatic nitrogens is 2. The Morgan fingerprint density at radius 1 is 0.923 bits per heavy atom. The molecule has 4 aromatic rings. The molecule has 1 aromatic heterocycles. The topological polar surface area (TPSA) is 144 Å². The molecule has 39 heavy (non-hydrogen) atoms. The summed E-state index contributed by atoms with van der Waals surface area (Å²) in [4.78, 5) is 21.6. The minimum absolute atomic E-state index is 0.0292. The number of rotatable bonds is 11. The Morgan fingerprint density at radius 3 is 2.21 bits per heavy atom. The standard InChI is InChI=1S/C26H29N7O5S/c1-32(2)27-16-24(34)28-17-8-7-9-19(12-17)33(39(35)36)26-25(30-22-10-5-6-11-23(22)31-26)29-18-13-20(37-3)15-21(14-18)38-4/h5-15,27H,16H2,1-4H3,(H,28,34)(H,29,30)(H,35,36)/p-1. The van der Waals surface area contributed by atoms with Crippen LogP contribution >= 0.6 is 0 Å². The van der Waals surface area contributed by atoms with Crippen molar-refractivity contribution < 1.29 is 23.0 Å². The smallest absolute Gasteiger partial charge is 0.239 e. The highest BCUT2D eigenvalue weighted by atomic mass is 32.2. The first-order chi connectivity index (χ1) is 18.8. The molecule has 0 saturated carbocycles. The van der Waals surface area contributed by atoms with E-state index in [1.165, 1.54) is 14.2 Å². The fourth-order valence-corrected chi connectivity index (χ4v) is 4.21. The second kappa shape index (κ2) is 12.5. The van der Waals surface area contributed by atoms with E-state index in [9.17, 15) is 13.6 Å². The highest BCUT2D eigenvalue weighted by Crippen LogP contribution is 2.36. The first-order valence-electron chi connectivity index (χ1n) is 11.7. The lowest BCUT2D eigenvalue weighted by Gasteiger charge is -2.27.